The molecule has 0 unspecified atom stereocenters. The summed E-state index contributed by atoms with van der Waals surface area (Å²) < 4.78 is 26.3. The highest BCUT2D eigenvalue weighted by atomic mass is 32.2. The van der Waals surface area contributed by atoms with E-state index in [0.717, 1.165) is 9.79 Å². The Balaban J connectivity index is 1.56. The van der Waals surface area contributed by atoms with Crippen molar-refractivity contribution in [1.82, 2.24) is 4.31 Å². The van der Waals surface area contributed by atoms with E-state index < -0.39 is 28.4 Å². The van der Waals surface area contributed by atoms with Gasteiger partial charge >= 0.3 is 0 Å². The molecule has 0 aromatic heterocycles. The fourth-order valence-electron chi connectivity index (χ4n) is 3.55. The van der Waals surface area contributed by atoms with Gasteiger partial charge in [0.15, 0.2) is 0 Å². The predicted molar refractivity (Wildman–Crippen MR) is 109 cm³/mol. The minimum atomic E-state index is -4.05. The van der Waals surface area contributed by atoms with E-state index in [1.165, 1.54) is 17.0 Å². The molecule has 0 aliphatic carbocycles. The molecule has 5 rings (SSSR count). The first-order valence-electron chi connectivity index (χ1n) is 8.83. The van der Waals surface area contributed by atoms with Crippen molar-refractivity contribution in [3.63, 3.8) is 0 Å². The molecule has 2 aliphatic rings. The lowest BCUT2D eigenvalue weighted by Gasteiger charge is -2.31. The van der Waals surface area contributed by atoms with Crippen LogP contribution in [0.5, 0.6) is 0 Å². The quantitative estimate of drug-likeness (QED) is 0.630. The number of amides is 2. The average Bonchev–Trinajstić information content (AvgIpc) is 2.93. The lowest BCUT2D eigenvalue weighted by molar-refractivity contribution is -0.117. The van der Waals surface area contributed by atoms with Crippen LogP contribution in [0.3, 0.4) is 0 Å². The number of sulfonamides is 1. The Kier molecular flexibility index (Phi) is 4.01. The molecule has 3 aromatic rings. The van der Waals surface area contributed by atoms with Crippen LogP contribution in [0.4, 0.5) is 11.4 Å². The van der Waals surface area contributed by atoms with Crippen LogP contribution in [-0.4, -0.2) is 31.1 Å². The third-order valence-electron chi connectivity index (χ3n) is 4.87. The van der Waals surface area contributed by atoms with E-state index in [1.54, 1.807) is 23.9 Å². The zero-order valence-electron chi connectivity index (χ0n) is 15.0. The Hall–Kier alpha value is -3.10. The SMILES string of the molecule is O=C(CN1C(=O)c2ccccc2S1(=O)=O)N1c2ccccc2Sc2ccccc21. The van der Waals surface area contributed by atoms with Crippen molar-refractivity contribution in [2.24, 2.45) is 0 Å². The molecule has 0 spiro atoms. The van der Waals surface area contributed by atoms with Crippen LogP contribution in [0.1, 0.15) is 10.4 Å². The fourth-order valence-corrected chi connectivity index (χ4v) is 6.13. The van der Waals surface area contributed by atoms with Crippen LogP contribution in [0.2, 0.25) is 0 Å². The van der Waals surface area contributed by atoms with Gasteiger partial charge in [-0.3, -0.25) is 14.5 Å². The van der Waals surface area contributed by atoms with Crippen molar-refractivity contribution >= 4 is 45.0 Å². The Morgan fingerprint density at radius 3 is 2.00 bits per heavy atom. The highest BCUT2D eigenvalue weighted by molar-refractivity contribution is 7.99. The van der Waals surface area contributed by atoms with Gasteiger partial charge in [0.2, 0.25) is 0 Å². The van der Waals surface area contributed by atoms with Gasteiger partial charge in [-0.2, -0.15) is 0 Å². The van der Waals surface area contributed by atoms with E-state index in [4.69, 9.17) is 0 Å². The summed E-state index contributed by atoms with van der Waals surface area (Å²) in [6, 6.07) is 20.8. The third-order valence-corrected chi connectivity index (χ3v) is 7.79. The molecule has 29 heavy (non-hydrogen) atoms. The maximum absolute atomic E-state index is 13.3. The molecule has 3 aromatic carbocycles. The van der Waals surface area contributed by atoms with E-state index in [9.17, 15) is 18.0 Å². The van der Waals surface area contributed by atoms with Gasteiger partial charge in [0.05, 0.1) is 16.9 Å². The topological polar surface area (TPSA) is 74.8 Å². The number of anilines is 2. The van der Waals surface area contributed by atoms with Gasteiger partial charge in [-0.25, -0.2) is 12.7 Å². The Bertz CT molecular complexity index is 1240. The number of nitrogens with zero attached hydrogens (tertiary/aromatic N) is 2. The normalized spacial score (nSPS) is 16.2. The number of carbonyl (C=O) groups excluding carboxylic acids is 2. The van der Waals surface area contributed by atoms with E-state index in [2.05, 4.69) is 0 Å². The first-order valence-corrected chi connectivity index (χ1v) is 11.1. The fraction of sp³-hybridized carbons (Fsp3) is 0.0476. The second-order valence-electron chi connectivity index (χ2n) is 6.58. The zero-order chi connectivity index (χ0) is 20.2. The molecule has 0 radical (unpaired) electrons. The van der Waals surface area contributed by atoms with Crippen molar-refractivity contribution in [2.75, 3.05) is 11.4 Å². The summed E-state index contributed by atoms with van der Waals surface area (Å²) in [6.07, 6.45) is 0. The van der Waals surface area contributed by atoms with E-state index in [0.29, 0.717) is 15.7 Å². The van der Waals surface area contributed by atoms with Gasteiger partial charge in [-0.1, -0.05) is 48.2 Å². The molecule has 8 heteroatoms. The summed E-state index contributed by atoms with van der Waals surface area (Å²) in [6.45, 7) is -0.566. The van der Waals surface area contributed by atoms with Crippen LogP contribution in [0.15, 0.2) is 87.5 Å². The number of hydrogen-bond acceptors (Lipinski definition) is 5. The summed E-state index contributed by atoms with van der Waals surface area (Å²) in [7, 11) is -4.05. The molecule has 0 fully saturated rings. The minimum Gasteiger partial charge on any atom is -0.277 e. The van der Waals surface area contributed by atoms with E-state index in [-0.39, 0.29) is 10.5 Å². The Labute approximate surface area is 171 Å². The third kappa shape index (κ3) is 2.67. The van der Waals surface area contributed by atoms with Gasteiger partial charge < -0.3 is 0 Å². The first kappa shape index (κ1) is 18.0. The zero-order valence-corrected chi connectivity index (χ0v) is 16.6. The van der Waals surface area contributed by atoms with E-state index >= 15 is 0 Å². The van der Waals surface area contributed by atoms with Crippen molar-refractivity contribution in [1.29, 1.82) is 0 Å². The van der Waals surface area contributed by atoms with Crippen LogP contribution < -0.4 is 4.90 Å². The van der Waals surface area contributed by atoms with Crippen LogP contribution >= 0.6 is 11.8 Å². The van der Waals surface area contributed by atoms with Crippen molar-refractivity contribution < 1.29 is 18.0 Å². The number of hydrogen-bond donors (Lipinski definition) is 0. The van der Waals surface area contributed by atoms with Crippen LogP contribution in [0, 0.1) is 0 Å². The average molecular weight is 422 g/mol. The maximum atomic E-state index is 13.3. The molecule has 0 saturated carbocycles. The van der Waals surface area contributed by atoms with Gasteiger partial charge in [-0.15, -0.1) is 0 Å². The van der Waals surface area contributed by atoms with Crippen molar-refractivity contribution in [2.45, 2.75) is 14.7 Å². The van der Waals surface area contributed by atoms with E-state index in [1.807, 2.05) is 48.5 Å². The first-order chi connectivity index (χ1) is 14.0. The van der Waals surface area contributed by atoms with Gasteiger partial charge in [-0.05, 0) is 36.4 Å². The van der Waals surface area contributed by atoms with Gasteiger partial charge in [0.1, 0.15) is 11.4 Å². The van der Waals surface area contributed by atoms with Crippen LogP contribution in [-0.2, 0) is 14.8 Å². The predicted octanol–water partition coefficient (Wildman–Crippen LogP) is 3.66. The Morgan fingerprint density at radius 2 is 1.38 bits per heavy atom. The smallest absolute Gasteiger partial charge is 0.269 e. The number of para-hydroxylation sites is 2. The summed E-state index contributed by atoms with van der Waals surface area (Å²) in [4.78, 5) is 29.2. The molecule has 0 saturated heterocycles. The standard InChI is InChI=1S/C21H14N2O4S2/c24-20(13-22-21(25)14-7-1-6-12-19(14)29(22,26)27)23-15-8-2-4-10-17(15)28-18-11-5-3-9-16(18)23/h1-12H,13H2. The molecular formula is C21H14N2O4S2. The molecule has 2 heterocycles. The number of benzene rings is 3. The second-order valence-corrected chi connectivity index (χ2v) is 9.49. The molecule has 144 valence electrons. The largest absolute Gasteiger partial charge is 0.277 e. The number of carbonyl (C=O) groups is 2. The lowest BCUT2D eigenvalue weighted by atomic mass is 10.2. The second kappa shape index (κ2) is 6.47. The molecular weight excluding hydrogens is 408 g/mol. The maximum Gasteiger partial charge on any atom is 0.269 e. The summed E-state index contributed by atoms with van der Waals surface area (Å²) in [5.74, 6) is -1.17. The summed E-state index contributed by atoms with van der Waals surface area (Å²) in [5.41, 5.74) is 1.43. The molecule has 0 N–H and O–H groups in total. The lowest BCUT2D eigenvalue weighted by Crippen LogP contribution is -2.41. The molecule has 0 bridgehead atoms. The highest BCUT2D eigenvalue weighted by Crippen LogP contribution is 2.48. The summed E-state index contributed by atoms with van der Waals surface area (Å²) >= 11 is 1.54. The number of fused-ring (bicyclic) bond motifs is 3. The minimum absolute atomic E-state index is 0.0622. The Morgan fingerprint density at radius 1 is 0.828 bits per heavy atom. The van der Waals surface area contributed by atoms with Gasteiger partial charge in [0.25, 0.3) is 21.8 Å². The summed E-state index contributed by atoms with van der Waals surface area (Å²) in [5, 5.41) is 0. The van der Waals surface area contributed by atoms with Crippen LogP contribution in [0.25, 0.3) is 0 Å². The molecule has 2 aliphatic heterocycles. The van der Waals surface area contributed by atoms with Crippen molar-refractivity contribution in [3.05, 3.63) is 78.4 Å². The number of rotatable bonds is 2. The molecule has 6 nitrogen and oxygen atoms in total. The monoisotopic (exact) mass is 422 g/mol. The van der Waals surface area contributed by atoms with Gasteiger partial charge in [0, 0.05) is 9.79 Å². The highest BCUT2D eigenvalue weighted by Gasteiger charge is 2.43. The van der Waals surface area contributed by atoms with Crippen molar-refractivity contribution in [3.8, 4) is 0 Å². The molecule has 0 atom stereocenters. The molecule has 2 amide bonds.